The van der Waals surface area contributed by atoms with E-state index in [2.05, 4.69) is 27.1 Å². The highest BCUT2D eigenvalue weighted by Gasteiger charge is 2.16. The van der Waals surface area contributed by atoms with Gasteiger partial charge < -0.3 is 9.84 Å². The fourth-order valence-electron chi connectivity index (χ4n) is 3.50. The van der Waals surface area contributed by atoms with Gasteiger partial charge in [-0.3, -0.25) is 9.69 Å². The lowest BCUT2D eigenvalue weighted by Crippen LogP contribution is -2.23. The van der Waals surface area contributed by atoms with Crippen molar-refractivity contribution in [2.24, 2.45) is 0 Å². The Balaban J connectivity index is 1.82. The van der Waals surface area contributed by atoms with Crippen LogP contribution in [-0.4, -0.2) is 57.5 Å². The predicted molar refractivity (Wildman–Crippen MR) is 102 cm³/mol. The number of carbonyl (C=O) groups is 1. The highest BCUT2D eigenvalue weighted by molar-refractivity contribution is 5.68. The Labute approximate surface area is 160 Å². The Hall–Kier alpha value is -2.25. The fraction of sp³-hybridized carbons (Fsp3) is 0.550. The maximum atomic E-state index is 11.2. The van der Waals surface area contributed by atoms with E-state index in [9.17, 15) is 9.90 Å². The molecule has 1 N–H and O–H groups in total. The van der Waals surface area contributed by atoms with Crippen molar-refractivity contribution >= 4 is 5.97 Å². The number of benzene rings is 1. The monoisotopic (exact) mass is 372 g/mol. The van der Waals surface area contributed by atoms with Gasteiger partial charge in [0, 0.05) is 25.6 Å². The molecule has 1 aromatic heterocycles. The minimum absolute atomic E-state index is 0.203. The standard InChI is InChI=1S/C20H28N4O3/c1-27-12-9-18-21-20(24(22-18)15-19(25)26)17-8-6-7-16(13-17)14-23-10-4-2-3-5-11-23/h6-8,13H,2-5,9-12,14-15H2,1H3,(H,25,26). The maximum absolute atomic E-state index is 11.2. The van der Waals surface area contributed by atoms with Crippen LogP contribution in [0.25, 0.3) is 11.4 Å². The van der Waals surface area contributed by atoms with Crippen LogP contribution in [0, 0.1) is 0 Å². The summed E-state index contributed by atoms with van der Waals surface area (Å²) in [6.07, 6.45) is 5.72. The van der Waals surface area contributed by atoms with Crippen LogP contribution in [0.5, 0.6) is 0 Å². The molecule has 1 aliphatic rings. The Morgan fingerprint density at radius 1 is 1.22 bits per heavy atom. The highest BCUT2D eigenvalue weighted by Crippen LogP contribution is 2.21. The second-order valence-corrected chi connectivity index (χ2v) is 7.04. The molecule has 0 bridgehead atoms. The van der Waals surface area contributed by atoms with Gasteiger partial charge in [-0.25, -0.2) is 9.67 Å². The molecule has 3 rings (SSSR count). The Morgan fingerprint density at radius 2 is 2.00 bits per heavy atom. The number of aromatic nitrogens is 3. The van der Waals surface area contributed by atoms with E-state index >= 15 is 0 Å². The summed E-state index contributed by atoms with van der Waals surface area (Å²) in [6.45, 7) is 3.50. The summed E-state index contributed by atoms with van der Waals surface area (Å²) in [7, 11) is 1.63. The smallest absolute Gasteiger partial charge is 0.325 e. The number of methoxy groups -OCH3 is 1. The number of rotatable bonds is 8. The molecule has 0 atom stereocenters. The second kappa shape index (κ2) is 9.62. The molecule has 1 aromatic carbocycles. The molecule has 0 saturated carbocycles. The summed E-state index contributed by atoms with van der Waals surface area (Å²) >= 11 is 0. The molecular formula is C20H28N4O3. The van der Waals surface area contributed by atoms with E-state index in [-0.39, 0.29) is 6.54 Å². The van der Waals surface area contributed by atoms with E-state index in [0.29, 0.717) is 24.7 Å². The molecule has 7 nitrogen and oxygen atoms in total. The highest BCUT2D eigenvalue weighted by atomic mass is 16.5. The first-order valence-electron chi connectivity index (χ1n) is 9.62. The largest absolute Gasteiger partial charge is 0.480 e. The minimum atomic E-state index is -0.930. The van der Waals surface area contributed by atoms with Crippen molar-refractivity contribution in [2.75, 3.05) is 26.8 Å². The molecule has 1 aliphatic heterocycles. The summed E-state index contributed by atoms with van der Waals surface area (Å²) in [6, 6.07) is 8.21. The van der Waals surface area contributed by atoms with Crippen LogP contribution < -0.4 is 0 Å². The van der Waals surface area contributed by atoms with Gasteiger partial charge in [0.2, 0.25) is 0 Å². The van der Waals surface area contributed by atoms with Crippen LogP contribution in [0.15, 0.2) is 24.3 Å². The van der Waals surface area contributed by atoms with E-state index in [1.54, 1.807) is 7.11 Å². The average molecular weight is 372 g/mol. The number of ether oxygens (including phenoxy) is 1. The average Bonchev–Trinajstić information content (AvgIpc) is 2.86. The van der Waals surface area contributed by atoms with Gasteiger partial charge >= 0.3 is 5.97 Å². The van der Waals surface area contributed by atoms with Crippen LogP contribution in [0.4, 0.5) is 0 Å². The molecule has 1 saturated heterocycles. The third kappa shape index (κ3) is 5.61. The van der Waals surface area contributed by atoms with Crippen molar-refractivity contribution in [1.29, 1.82) is 0 Å². The molecule has 0 spiro atoms. The Kier molecular flexibility index (Phi) is 6.95. The molecule has 27 heavy (non-hydrogen) atoms. The second-order valence-electron chi connectivity index (χ2n) is 7.04. The molecule has 1 fully saturated rings. The van der Waals surface area contributed by atoms with Gasteiger partial charge in [-0.1, -0.05) is 31.0 Å². The summed E-state index contributed by atoms with van der Waals surface area (Å²) in [4.78, 5) is 18.3. The van der Waals surface area contributed by atoms with E-state index < -0.39 is 5.97 Å². The third-order valence-corrected chi connectivity index (χ3v) is 4.82. The molecule has 0 amide bonds. The van der Waals surface area contributed by atoms with Crippen LogP contribution >= 0.6 is 0 Å². The lowest BCUT2D eigenvalue weighted by molar-refractivity contribution is -0.137. The van der Waals surface area contributed by atoms with Crippen molar-refractivity contribution < 1.29 is 14.6 Å². The van der Waals surface area contributed by atoms with E-state index in [1.807, 2.05) is 12.1 Å². The van der Waals surface area contributed by atoms with Gasteiger partial charge in [-0.15, -0.1) is 0 Å². The summed E-state index contributed by atoms with van der Waals surface area (Å²) in [5.74, 6) is 0.271. The molecule has 2 aromatic rings. The van der Waals surface area contributed by atoms with Crippen molar-refractivity contribution in [3.63, 3.8) is 0 Å². The Morgan fingerprint density at radius 3 is 2.70 bits per heavy atom. The first kappa shape index (κ1) is 19.5. The van der Waals surface area contributed by atoms with Gasteiger partial charge in [0.15, 0.2) is 11.6 Å². The van der Waals surface area contributed by atoms with Crippen LogP contribution in [-0.2, 0) is 29.0 Å². The Bertz CT molecular complexity index is 751. The van der Waals surface area contributed by atoms with Crippen LogP contribution in [0.3, 0.4) is 0 Å². The zero-order chi connectivity index (χ0) is 19.1. The first-order valence-corrected chi connectivity index (χ1v) is 9.62. The van der Waals surface area contributed by atoms with Gasteiger partial charge in [0.05, 0.1) is 6.61 Å². The van der Waals surface area contributed by atoms with Crippen LogP contribution in [0.2, 0.25) is 0 Å². The van der Waals surface area contributed by atoms with Crippen molar-refractivity contribution in [2.45, 2.75) is 45.2 Å². The number of hydrogen-bond donors (Lipinski definition) is 1. The molecule has 0 radical (unpaired) electrons. The normalized spacial score (nSPS) is 15.6. The fourth-order valence-corrected chi connectivity index (χ4v) is 3.50. The third-order valence-electron chi connectivity index (χ3n) is 4.82. The van der Waals surface area contributed by atoms with E-state index in [0.717, 1.165) is 25.2 Å². The summed E-state index contributed by atoms with van der Waals surface area (Å²) < 4.78 is 6.56. The van der Waals surface area contributed by atoms with Crippen LogP contribution in [0.1, 0.15) is 37.1 Å². The van der Waals surface area contributed by atoms with Gasteiger partial charge in [-0.05, 0) is 37.6 Å². The van der Waals surface area contributed by atoms with E-state index in [4.69, 9.17) is 4.74 Å². The number of hydrogen-bond acceptors (Lipinski definition) is 5. The topological polar surface area (TPSA) is 80.5 Å². The molecule has 146 valence electrons. The van der Waals surface area contributed by atoms with Gasteiger partial charge in [0.25, 0.3) is 0 Å². The first-order chi connectivity index (χ1) is 13.2. The summed E-state index contributed by atoms with van der Waals surface area (Å²) in [5.41, 5.74) is 2.12. The molecule has 0 unspecified atom stereocenters. The summed E-state index contributed by atoms with van der Waals surface area (Å²) in [5, 5.41) is 13.6. The number of nitrogens with zero attached hydrogens (tertiary/aromatic N) is 4. The predicted octanol–water partition coefficient (Wildman–Crippen LogP) is 2.59. The minimum Gasteiger partial charge on any atom is -0.480 e. The molecule has 0 aliphatic carbocycles. The number of carboxylic acids is 1. The number of aliphatic carboxylic acids is 1. The van der Waals surface area contributed by atoms with E-state index in [1.165, 1.54) is 35.9 Å². The zero-order valence-corrected chi connectivity index (χ0v) is 15.9. The quantitative estimate of drug-likeness (QED) is 0.767. The number of likely N-dealkylation sites (tertiary alicyclic amines) is 1. The maximum Gasteiger partial charge on any atom is 0.325 e. The zero-order valence-electron chi connectivity index (χ0n) is 15.9. The lowest BCUT2D eigenvalue weighted by atomic mass is 10.1. The lowest BCUT2D eigenvalue weighted by Gasteiger charge is -2.20. The van der Waals surface area contributed by atoms with Gasteiger partial charge in [-0.2, -0.15) is 5.10 Å². The molecule has 2 heterocycles. The molecular weight excluding hydrogens is 344 g/mol. The van der Waals surface area contributed by atoms with Crippen molar-refractivity contribution in [3.8, 4) is 11.4 Å². The van der Waals surface area contributed by atoms with Crippen molar-refractivity contribution in [3.05, 3.63) is 35.7 Å². The van der Waals surface area contributed by atoms with Crippen molar-refractivity contribution in [1.82, 2.24) is 19.7 Å². The van der Waals surface area contributed by atoms with Gasteiger partial charge in [0.1, 0.15) is 6.54 Å². The molecule has 7 heteroatoms. The SMILES string of the molecule is COCCc1nc(-c2cccc(CN3CCCCCC3)c2)n(CC(=O)O)n1. The number of carboxylic acid groups (broad SMARTS) is 1.